The minimum Gasteiger partial charge on any atom is -0.480 e. The number of aromatic nitrogens is 2. The lowest BCUT2D eigenvalue weighted by molar-refractivity contribution is -0.137. The van der Waals surface area contributed by atoms with Crippen LogP contribution in [-0.2, 0) is 6.18 Å². The molecule has 0 saturated heterocycles. The number of halogens is 5. The van der Waals surface area contributed by atoms with Gasteiger partial charge < -0.3 is 15.4 Å². The van der Waals surface area contributed by atoms with Gasteiger partial charge in [0, 0.05) is 16.9 Å². The van der Waals surface area contributed by atoms with Crippen LogP contribution < -0.4 is 15.4 Å². The van der Waals surface area contributed by atoms with Crippen molar-refractivity contribution in [2.24, 2.45) is 0 Å². The fourth-order valence-corrected chi connectivity index (χ4v) is 3.50. The standard InChI is InChI=1S/C24H15ClF4N4O3/c1-36-21-11-30-19-7-2-12(8-20(19)33-21)22(34)15-5-3-14(10-18(15)26)32-23(35)31-13-4-6-17(25)16(9-13)24(27,28)29/h2-11H,1H3,(H2,31,32,35). The Hall–Kier alpha value is -4.25. The van der Waals surface area contributed by atoms with Crippen LogP contribution in [-0.4, -0.2) is 28.9 Å². The van der Waals surface area contributed by atoms with Crippen LogP contribution >= 0.6 is 11.6 Å². The predicted molar refractivity (Wildman–Crippen MR) is 125 cm³/mol. The van der Waals surface area contributed by atoms with E-state index in [0.29, 0.717) is 17.1 Å². The van der Waals surface area contributed by atoms with E-state index in [0.717, 1.165) is 12.1 Å². The molecule has 0 unspecified atom stereocenters. The van der Waals surface area contributed by atoms with Crippen molar-refractivity contribution in [3.63, 3.8) is 0 Å². The van der Waals surface area contributed by atoms with Gasteiger partial charge in [-0.3, -0.25) is 4.79 Å². The number of ketones is 1. The van der Waals surface area contributed by atoms with E-state index in [4.69, 9.17) is 16.3 Å². The zero-order valence-electron chi connectivity index (χ0n) is 18.3. The van der Waals surface area contributed by atoms with Gasteiger partial charge in [0.05, 0.1) is 40.5 Å². The van der Waals surface area contributed by atoms with Gasteiger partial charge in [0.1, 0.15) is 5.82 Å². The number of urea groups is 1. The molecule has 36 heavy (non-hydrogen) atoms. The number of hydrogen-bond acceptors (Lipinski definition) is 5. The molecule has 0 radical (unpaired) electrons. The average molecular weight is 519 g/mol. The molecule has 2 N–H and O–H groups in total. The summed E-state index contributed by atoms with van der Waals surface area (Å²) < 4.78 is 58.8. The molecule has 7 nitrogen and oxygen atoms in total. The normalized spacial score (nSPS) is 11.3. The summed E-state index contributed by atoms with van der Waals surface area (Å²) in [5, 5.41) is 4.00. The third kappa shape index (κ3) is 5.36. The van der Waals surface area contributed by atoms with Crippen LogP contribution in [0, 0.1) is 5.82 Å². The Morgan fingerprint density at radius 3 is 2.31 bits per heavy atom. The van der Waals surface area contributed by atoms with E-state index in [9.17, 15) is 27.2 Å². The Morgan fingerprint density at radius 2 is 1.64 bits per heavy atom. The van der Waals surface area contributed by atoms with Crippen LogP contribution in [0.3, 0.4) is 0 Å². The molecule has 0 spiro atoms. The quantitative estimate of drug-likeness (QED) is 0.238. The summed E-state index contributed by atoms with van der Waals surface area (Å²) in [6.45, 7) is 0. The molecule has 12 heteroatoms. The highest BCUT2D eigenvalue weighted by atomic mass is 35.5. The van der Waals surface area contributed by atoms with E-state index >= 15 is 0 Å². The number of fused-ring (bicyclic) bond motifs is 1. The minimum atomic E-state index is -4.71. The van der Waals surface area contributed by atoms with Gasteiger partial charge in [-0.15, -0.1) is 0 Å². The molecule has 0 aliphatic carbocycles. The number of anilines is 2. The van der Waals surface area contributed by atoms with Crippen molar-refractivity contribution in [3.05, 3.63) is 88.3 Å². The molecule has 184 valence electrons. The molecule has 2 amide bonds. The molecule has 0 saturated carbocycles. The third-order valence-corrected chi connectivity index (χ3v) is 5.32. The lowest BCUT2D eigenvalue weighted by Crippen LogP contribution is -2.20. The van der Waals surface area contributed by atoms with E-state index < -0.39 is 34.4 Å². The summed E-state index contributed by atoms with van der Waals surface area (Å²) in [6.07, 6.45) is -3.28. The molecule has 1 aromatic heterocycles. The smallest absolute Gasteiger partial charge is 0.417 e. The molecular weight excluding hydrogens is 504 g/mol. The summed E-state index contributed by atoms with van der Waals surface area (Å²) in [7, 11) is 1.42. The van der Waals surface area contributed by atoms with Crippen LogP contribution in [0.5, 0.6) is 5.88 Å². The second kappa shape index (κ2) is 9.78. The molecule has 0 bridgehead atoms. The zero-order valence-corrected chi connectivity index (χ0v) is 19.0. The second-order valence-corrected chi connectivity index (χ2v) is 7.82. The Kier molecular flexibility index (Phi) is 6.75. The molecule has 4 rings (SSSR count). The molecule has 0 aliphatic rings. The van der Waals surface area contributed by atoms with Crippen molar-refractivity contribution in [1.82, 2.24) is 9.97 Å². The molecule has 1 heterocycles. The summed E-state index contributed by atoms with van der Waals surface area (Å²) in [4.78, 5) is 33.4. The Labute approximate surface area is 206 Å². The van der Waals surface area contributed by atoms with E-state index in [-0.39, 0.29) is 28.4 Å². The van der Waals surface area contributed by atoms with Crippen LogP contribution in [0.2, 0.25) is 5.02 Å². The number of ether oxygens (including phenoxy) is 1. The van der Waals surface area contributed by atoms with Gasteiger partial charge in [-0.25, -0.2) is 19.2 Å². The second-order valence-electron chi connectivity index (χ2n) is 7.41. The highest BCUT2D eigenvalue weighted by molar-refractivity contribution is 6.31. The van der Waals surface area contributed by atoms with Crippen LogP contribution in [0.4, 0.5) is 33.7 Å². The van der Waals surface area contributed by atoms with Crippen molar-refractivity contribution in [1.29, 1.82) is 0 Å². The lowest BCUT2D eigenvalue weighted by atomic mass is 10.0. The number of hydrogen-bond donors (Lipinski definition) is 2. The predicted octanol–water partition coefficient (Wildman–Crippen LogP) is 6.32. The maximum absolute atomic E-state index is 14.7. The first-order valence-corrected chi connectivity index (χ1v) is 10.5. The molecule has 3 aromatic carbocycles. The SMILES string of the molecule is COc1cnc2ccc(C(=O)c3ccc(NC(=O)Nc4ccc(Cl)c(C(F)(F)F)c4)cc3F)cc2n1. The van der Waals surface area contributed by atoms with Gasteiger partial charge >= 0.3 is 12.2 Å². The van der Waals surface area contributed by atoms with Crippen LogP contribution in [0.25, 0.3) is 11.0 Å². The lowest BCUT2D eigenvalue weighted by Gasteiger charge is -2.13. The molecule has 0 atom stereocenters. The molecular formula is C24H15ClF4N4O3. The van der Waals surface area contributed by atoms with Gasteiger partial charge in [0.2, 0.25) is 5.88 Å². The number of rotatable bonds is 5. The first-order valence-electron chi connectivity index (χ1n) is 10.1. The summed E-state index contributed by atoms with van der Waals surface area (Å²) in [5.41, 5.74) is -0.524. The average Bonchev–Trinajstić information content (AvgIpc) is 2.83. The monoisotopic (exact) mass is 518 g/mol. The van der Waals surface area contributed by atoms with Crippen LogP contribution in [0.1, 0.15) is 21.5 Å². The first-order chi connectivity index (χ1) is 17.0. The number of nitrogens with one attached hydrogen (secondary N) is 2. The van der Waals surface area contributed by atoms with E-state index in [1.54, 1.807) is 6.07 Å². The first kappa shape index (κ1) is 24.9. The maximum Gasteiger partial charge on any atom is 0.417 e. The van der Waals surface area contributed by atoms with E-state index in [2.05, 4.69) is 20.6 Å². The number of nitrogens with zero attached hydrogens (tertiary/aromatic N) is 2. The maximum atomic E-state index is 14.7. The van der Waals surface area contributed by atoms with Gasteiger partial charge in [0.15, 0.2) is 5.78 Å². The van der Waals surface area contributed by atoms with Crippen molar-refractivity contribution >= 4 is 45.8 Å². The molecule has 0 aliphatic heterocycles. The highest BCUT2D eigenvalue weighted by Crippen LogP contribution is 2.36. The summed E-state index contributed by atoms with van der Waals surface area (Å²) in [6, 6.07) is 9.80. The topological polar surface area (TPSA) is 93.2 Å². The summed E-state index contributed by atoms with van der Waals surface area (Å²) >= 11 is 5.56. The highest BCUT2D eigenvalue weighted by Gasteiger charge is 2.33. The summed E-state index contributed by atoms with van der Waals surface area (Å²) in [5.74, 6) is -1.29. The number of amides is 2. The largest absolute Gasteiger partial charge is 0.480 e. The van der Waals surface area contributed by atoms with Gasteiger partial charge in [-0.05, 0) is 54.6 Å². The van der Waals surface area contributed by atoms with Gasteiger partial charge in [-0.1, -0.05) is 11.6 Å². The number of methoxy groups -OCH3 is 1. The number of benzene rings is 3. The number of alkyl halides is 3. The Balaban J connectivity index is 1.50. The van der Waals surface area contributed by atoms with Gasteiger partial charge in [-0.2, -0.15) is 13.2 Å². The fraction of sp³-hybridized carbons (Fsp3) is 0.0833. The molecule has 4 aromatic rings. The van der Waals surface area contributed by atoms with Gasteiger partial charge in [0.25, 0.3) is 0 Å². The van der Waals surface area contributed by atoms with Crippen molar-refractivity contribution in [3.8, 4) is 5.88 Å². The third-order valence-electron chi connectivity index (χ3n) is 4.99. The number of carbonyl (C=O) groups excluding carboxylic acids is 2. The zero-order chi connectivity index (χ0) is 26.0. The number of carbonyl (C=O) groups is 2. The van der Waals surface area contributed by atoms with E-state index in [1.165, 1.54) is 43.6 Å². The minimum absolute atomic E-state index is 0.0272. The molecule has 0 fully saturated rings. The van der Waals surface area contributed by atoms with Crippen molar-refractivity contribution in [2.75, 3.05) is 17.7 Å². The Bertz CT molecular complexity index is 1490. The van der Waals surface area contributed by atoms with E-state index in [1.807, 2.05) is 0 Å². The van der Waals surface area contributed by atoms with Crippen LogP contribution in [0.15, 0.2) is 60.8 Å². The van der Waals surface area contributed by atoms with Crippen molar-refractivity contribution in [2.45, 2.75) is 6.18 Å². The van der Waals surface area contributed by atoms with Crippen molar-refractivity contribution < 1.29 is 31.9 Å². The fourth-order valence-electron chi connectivity index (χ4n) is 3.28. The Morgan fingerprint density at radius 1 is 0.944 bits per heavy atom.